The predicted molar refractivity (Wildman–Crippen MR) is 164 cm³/mol. The Morgan fingerprint density at radius 1 is 0.976 bits per heavy atom. The van der Waals surface area contributed by atoms with E-state index in [9.17, 15) is 14.4 Å². The van der Waals surface area contributed by atoms with Gasteiger partial charge in [0.2, 0.25) is 5.91 Å². The highest BCUT2D eigenvalue weighted by Crippen LogP contribution is 2.34. The van der Waals surface area contributed by atoms with Gasteiger partial charge in [-0.3, -0.25) is 19.3 Å². The third-order valence-electron chi connectivity index (χ3n) is 7.39. The van der Waals surface area contributed by atoms with Gasteiger partial charge in [-0.25, -0.2) is 0 Å². The zero-order valence-corrected chi connectivity index (χ0v) is 25.3. The topological polar surface area (TPSA) is 71.9 Å². The maximum absolute atomic E-state index is 13.1. The van der Waals surface area contributed by atoms with Crippen molar-refractivity contribution in [3.8, 4) is 11.4 Å². The van der Waals surface area contributed by atoms with Crippen molar-refractivity contribution in [2.75, 3.05) is 19.6 Å². The van der Waals surface area contributed by atoms with Crippen molar-refractivity contribution in [3.63, 3.8) is 0 Å². The Bertz CT molecular complexity index is 1510. The molecule has 0 aliphatic carbocycles. The monoisotopic (exact) mass is 611 g/mol. The fraction of sp³-hybridized carbons (Fsp3) is 0.323. The minimum absolute atomic E-state index is 0.169. The molecule has 0 radical (unpaired) electrons. The van der Waals surface area contributed by atoms with Crippen LogP contribution < -0.4 is 4.74 Å². The number of carbonyl (C=O) groups is 3. The SMILES string of the molecule is Cc1cc(C=C2SC(=O)N(CC(=O)N3CCCCCC3)C2=O)c(C)n1-c1ccc(OCc2ccc(Cl)cc2Cl)cc1. The fourth-order valence-corrected chi connectivity index (χ4v) is 6.45. The molecule has 214 valence electrons. The number of amides is 3. The second-order valence-corrected chi connectivity index (χ2v) is 12.1. The zero-order valence-electron chi connectivity index (χ0n) is 23.0. The van der Waals surface area contributed by atoms with E-state index >= 15 is 0 Å². The molecule has 1 aromatic heterocycles. The van der Waals surface area contributed by atoms with E-state index in [0.29, 0.717) is 40.4 Å². The molecule has 5 rings (SSSR count). The van der Waals surface area contributed by atoms with Gasteiger partial charge in [-0.1, -0.05) is 42.1 Å². The Morgan fingerprint density at radius 3 is 2.37 bits per heavy atom. The van der Waals surface area contributed by atoms with Crippen molar-refractivity contribution in [2.24, 2.45) is 0 Å². The van der Waals surface area contributed by atoms with Crippen LogP contribution in [-0.2, 0) is 16.2 Å². The summed E-state index contributed by atoms with van der Waals surface area (Å²) in [5.74, 6) is 0.110. The summed E-state index contributed by atoms with van der Waals surface area (Å²) in [6.45, 7) is 5.43. The highest BCUT2D eigenvalue weighted by atomic mass is 35.5. The van der Waals surface area contributed by atoms with Crippen LogP contribution in [0.3, 0.4) is 0 Å². The second kappa shape index (κ2) is 12.8. The lowest BCUT2D eigenvalue weighted by molar-refractivity contribution is -0.135. The van der Waals surface area contributed by atoms with Gasteiger partial charge in [-0.15, -0.1) is 0 Å². The van der Waals surface area contributed by atoms with Gasteiger partial charge < -0.3 is 14.2 Å². The summed E-state index contributed by atoms with van der Waals surface area (Å²) in [4.78, 5) is 41.8. The normalized spacial score (nSPS) is 16.9. The van der Waals surface area contributed by atoms with Crippen LogP contribution >= 0.6 is 35.0 Å². The Morgan fingerprint density at radius 2 is 1.68 bits per heavy atom. The molecular weight excluding hydrogens is 581 g/mol. The molecule has 3 heterocycles. The molecule has 7 nitrogen and oxygen atoms in total. The van der Waals surface area contributed by atoms with Gasteiger partial charge in [0.25, 0.3) is 11.1 Å². The highest BCUT2D eigenvalue weighted by Gasteiger charge is 2.37. The van der Waals surface area contributed by atoms with Crippen LogP contribution in [0.1, 0.15) is 48.2 Å². The first kappa shape index (κ1) is 29.3. The highest BCUT2D eigenvalue weighted by molar-refractivity contribution is 8.18. The van der Waals surface area contributed by atoms with E-state index in [1.165, 1.54) is 0 Å². The summed E-state index contributed by atoms with van der Waals surface area (Å²) < 4.78 is 7.99. The van der Waals surface area contributed by atoms with E-state index < -0.39 is 11.1 Å². The molecule has 0 spiro atoms. The molecule has 0 N–H and O–H groups in total. The van der Waals surface area contributed by atoms with Crippen LogP contribution in [0, 0.1) is 13.8 Å². The van der Waals surface area contributed by atoms with Gasteiger partial charge in [-0.2, -0.15) is 0 Å². The van der Waals surface area contributed by atoms with Crippen molar-refractivity contribution >= 4 is 58.1 Å². The number of hydrogen-bond acceptors (Lipinski definition) is 5. The van der Waals surface area contributed by atoms with Crippen LogP contribution in [0.5, 0.6) is 5.75 Å². The molecule has 2 aliphatic rings. The Kier molecular flexibility index (Phi) is 9.12. The van der Waals surface area contributed by atoms with Crippen molar-refractivity contribution in [1.29, 1.82) is 0 Å². The molecule has 3 aromatic rings. The van der Waals surface area contributed by atoms with Crippen molar-refractivity contribution < 1.29 is 19.1 Å². The van der Waals surface area contributed by atoms with Crippen LogP contribution in [0.25, 0.3) is 11.8 Å². The van der Waals surface area contributed by atoms with E-state index in [0.717, 1.165) is 70.5 Å². The van der Waals surface area contributed by atoms with E-state index in [4.69, 9.17) is 27.9 Å². The standard InChI is InChI=1S/C31H31Cl2N3O4S/c1-20-15-23(16-28-30(38)35(31(39)41-28)18-29(37)34-13-5-3-4-6-14-34)21(2)36(20)25-9-11-26(12-10-25)40-19-22-7-8-24(32)17-27(22)33/h7-12,15-17H,3-6,13-14,18-19H2,1-2H3. The van der Waals surface area contributed by atoms with Gasteiger partial charge in [0.1, 0.15) is 18.9 Å². The van der Waals surface area contributed by atoms with Gasteiger partial charge >= 0.3 is 0 Å². The maximum atomic E-state index is 13.1. The summed E-state index contributed by atoms with van der Waals surface area (Å²) in [6.07, 6.45) is 5.86. The van der Waals surface area contributed by atoms with E-state index in [1.54, 1.807) is 23.1 Å². The average Bonchev–Trinajstić information content (AvgIpc) is 3.21. The number of nitrogens with zero attached hydrogens (tertiary/aromatic N) is 3. The molecule has 0 unspecified atom stereocenters. The number of halogens is 2. The lowest BCUT2D eigenvalue weighted by Gasteiger charge is -2.22. The molecule has 2 saturated heterocycles. The minimum Gasteiger partial charge on any atom is -0.489 e. The first-order valence-corrected chi connectivity index (χ1v) is 15.2. The molecule has 41 heavy (non-hydrogen) atoms. The predicted octanol–water partition coefficient (Wildman–Crippen LogP) is 7.42. The zero-order chi connectivity index (χ0) is 29.1. The number of likely N-dealkylation sites (tertiary alicyclic amines) is 1. The van der Waals surface area contributed by atoms with Crippen LogP contribution in [0.2, 0.25) is 10.0 Å². The summed E-state index contributed by atoms with van der Waals surface area (Å²) in [5.41, 5.74) is 4.53. The molecule has 0 saturated carbocycles. The quantitative estimate of drug-likeness (QED) is 0.260. The van der Waals surface area contributed by atoms with Gasteiger partial charge in [0, 0.05) is 45.8 Å². The van der Waals surface area contributed by atoms with Crippen molar-refractivity contribution in [1.82, 2.24) is 14.4 Å². The lowest BCUT2D eigenvalue weighted by atomic mass is 10.2. The molecular formula is C31H31Cl2N3O4S. The van der Waals surface area contributed by atoms with E-state index in [2.05, 4.69) is 4.57 Å². The van der Waals surface area contributed by atoms with E-state index in [-0.39, 0.29) is 12.5 Å². The number of aryl methyl sites for hydroxylation is 1. The van der Waals surface area contributed by atoms with Gasteiger partial charge in [-0.05, 0) is 92.6 Å². The van der Waals surface area contributed by atoms with Crippen LogP contribution in [0.15, 0.2) is 53.4 Å². The molecule has 3 amide bonds. The number of carbonyl (C=O) groups excluding carboxylic acids is 3. The Labute approximate surface area is 254 Å². The van der Waals surface area contributed by atoms with Gasteiger partial charge in [0.15, 0.2) is 0 Å². The number of rotatable bonds is 7. The smallest absolute Gasteiger partial charge is 0.294 e. The Balaban J connectivity index is 1.27. The van der Waals surface area contributed by atoms with Crippen LogP contribution in [0.4, 0.5) is 4.79 Å². The summed E-state index contributed by atoms with van der Waals surface area (Å²) in [7, 11) is 0. The average molecular weight is 613 g/mol. The number of imide groups is 1. The summed E-state index contributed by atoms with van der Waals surface area (Å²) in [6, 6.07) is 15.0. The third kappa shape index (κ3) is 6.66. The molecule has 10 heteroatoms. The first-order valence-electron chi connectivity index (χ1n) is 13.6. The molecule has 2 aromatic carbocycles. The number of thioether (sulfide) groups is 1. The number of hydrogen-bond donors (Lipinski definition) is 0. The number of ether oxygens (including phenoxy) is 1. The van der Waals surface area contributed by atoms with Gasteiger partial charge in [0.05, 0.1) is 4.91 Å². The second-order valence-electron chi connectivity index (χ2n) is 10.2. The fourth-order valence-electron chi connectivity index (χ4n) is 5.16. The molecule has 2 fully saturated rings. The summed E-state index contributed by atoms with van der Waals surface area (Å²) in [5, 5.41) is 0.726. The molecule has 0 bridgehead atoms. The Hall–Kier alpha value is -3.20. The molecule has 0 atom stereocenters. The molecule has 2 aliphatic heterocycles. The van der Waals surface area contributed by atoms with Crippen LogP contribution in [-0.4, -0.2) is 51.1 Å². The lowest BCUT2D eigenvalue weighted by Crippen LogP contribution is -2.42. The number of aromatic nitrogens is 1. The minimum atomic E-state index is -0.421. The van der Waals surface area contributed by atoms with Crippen molar-refractivity contribution in [2.45, 2.75) is 46.1 Å². The van der Waals surface area contributed by atoms with Crippen molar-refractivity contribution in [3.05, 3.63) is 86.0 Å². The maximum Gasteiger partial charge on any atom is 0.294 e. The number of benzene rings is 2. The first-order chi connectivity index (χ1) is 19.7. The largest absolute Gasteiger partial charge is 0.489 e. The summed E-state index contributed by atoms with van der Waals surface area (Å²) >= 11 is 13.1. The van der Waals surface area contributed by atoms with E-state index in [1.807, 2.05) is 50.2 Å². The third-order valence-corrected chi connectivity index (χ3v) is 8.88.